The molecule has 0 saturated carbocycles. The maximum Gasteiger partial charge on any atom is 0.119 e. The van der Waals surface area contributed by atoms with Gasteiger partial charge in [0, 0.05) is 0 Å². The Labute approximate surface area is 135 Å². The molecular weight excluding hydrogens is 272 g/mol. The molecule has 2 rings (SSSR count). The predicted octanol–water partition coefficient (Wildman–Crippen LogP) is 5.48. The molecule has 122 valence electrons. The van der Waals surface area contributed by atoms with Crippen LogP contribution >= 0.6 is 0 Å². The SMILES string of the molecule is CC(=CCCOc1ccc(C(C)C)cc1)CCC1OC1(C)C. The summed E-state index contributed by atoms with van der Waals surface area (Å²) in [6.45, 7) is 11.7. The average Bonchev–Trinajstić information content (AvgIpc) is 3.09. The Morgan fingerprint density at radius 2 is 1.91 bits per heavy atom. The summed E-state index contributed by atoms with van der Waals surface area (Å²) in [5.74, 6) is 1.53. The van der Waals surface area contributed by atoms with Gasteiger partial charge < -0.3 is 9.47 Å². The smallest absolute Gasteiger partial charge is 0.119 e. The van der Waals surface area contributed by atoms with Crippen LogP contribution in [0.2, 0.25) is 0 Å². The van der Waals surface area contributed by atoms with Crippen LogP contribution in [-0.4, -0.2) is 18.3 Å². The molecule has 0 spiro atoms. The maximum absolute atomic E-state index is 5.79. The van der Waals surface area contributed by atoms with Crippen molar-refractivity contribution in [3.8, 4) is 5.75 Å². The topological polar surface area (TPSA) is 21.8 Å². The van der Waals surface area contributed by atoms with Crippen molar-refractivity contribution in [2.45, 2.75) is 71.5 Å². The van der Waals surface area contributed by atoms with Crippen LogP contribution in [-0.2, 0) is 4.74 Å². The molecule has 1 saturated heterocycles. The molecular formula is C20H30O2. The molecule has 1 unspecified atom stereocenters. The van der Waals surface area contributed by atoms with Crippen molar-refractivity contribution in [3.63, 3.8) is 0 Å². The third kappa shape index (κ3) is 5.17. The molecule has 2 heteroatoms. The van der Waals surface area contributed by atoms with Crippen LogP contribution in [0.1, 0.15) is 65.4 Å². The summed E-state index contributed by atoms with van der Waals surface area (Å²) >= 11 is 0. The Hall–Kier alpha value is -1.28. The normalized spacial score (nSPS) is 20.3. The van der Waals surface area contributed by atoms with E-state index in [4.69, 9.17) is 9.47 Å². The summed E-state index contributed by atoms with van der Waals surface area (Å²) in [6.07, 6.45) is 5.96. The maximum atomic E-state index is 5.79. The van der Waals surface area contributed by atoms with E-state index in [2.05, 4.69) is 65.0 Å². The van der Waals surface area contributed by atoms with E-state index in [0.717, 1.165) is 31.6 Å². The molecule has 1 aliphatic heterocycles. The molecule has 1 fully saturated rings. The molecule has 0 bridgehead atoms. The zero-order chi connectivity index (χ0) is 16.2. The summed E-state index contributed by atoms with van der Waals surface area (Å²) in [6, 6.07) is 8.44. The number of hydrogen-bond acceptors (Lipinski definition) is 2. The lowest BCUT2D eigenvalue weighted by Crippen LogP contribution is -2.02. The average molecular weight is 302 g/mol. The van der Waals surface area contributed by atoms with Gasteiger partial charge in [0.1, 0.15) is 5.75 Å². The van der Waals surface area contributed by atoms with E-state index in [9.17, 15) is 0 Å². The number of ether oxygens (including phenoxy) is 2. The number of hydrogen-bond donors (Lipinski definition) is 0. The van der Waals surface area contributed by atoms with E-state index in [-0.39, 0.29) is 5.60 Å². The van der Waals surface area contributed by atoms with Gasteiger partial charge in [0.05, 0.1) is 18.3 Å². The first-order valence-electron chi connectivity index (χ1n) is 8.44. The lowest BCUT2D eigenvalue weighted by atomic mass is 10.0. The standard InChI is InChI=1S/C20H30O2/c1-15(2)17-9-11-18(12-10-17)21-14-6-7-16(3)8-13-19-20(4,5)22-19/h7,9-12,15,19H,6,8,13-14H2,1-5H3. The van der Waals surface area contributed by atoms with Crippen LogP contribution in [0.5, 0.6) is 5.75 Å². The molecule has 0 aliphatic carbocycles. The van der Waals surface area contributed by atoms with Crippen LogP contribution in [0.4, 0.5) is 0 Å². The number of benzene rings is 1. The fourth-order valence-electron chi connectivity index (χ4n) is 2.63. The Kier molecular flexibility index (Phi) is 5.69. The molecule has 0 N–H and O–H groups in total. The van der Waals surface area contributed by atoms with E-state index in [1.165, 1.54) is 11.1 Å². The van der Waals surface area contributed by atoms with Crippen molar-refractivity contribution in [1.82, 2.24) is 0 Å². The Morgan fingerprint density at radius 3 is 2.45 bits per heavy atom. The van der Waals surface area contributed by atoms with E-state index in [0.29, 0.717) is 12.0 Å². The van der Waals surface area contributed by atoms with Crippen molar-refractivity contribution < 1.29 is 9.47 Å². The molecule has 22 heavy (non-hydrogen) atoms. The van der Waals surface area contributed by atoms with Crippen LogP contribution in [0.25, 0.3) is 0 Å². The van der Waals surface area contributed by atoms with Crippen LogP contribution < -0.4 is 4.74 Å². The first-order chi connectivity index (χ1) is 10.4. The Balaban J connectivity index is 1.64. The molecule has 0 amide bonds. The highest BCUT2D eigenvalue weighted by Gasteiger charge is 2.46. The molecule has 0 aromatic heterocycles. The highest BCUT2D eigenvalue weighted by molar-refractivity contribution is 5.28. The van der Waals surface area contributed by atoms with Gasteiger partial charge in [-0.05, 0) is 63.6 Å². The van der Waals surface area contributed by atoms with Gasteiger partial charge in [0.2, 0.25) is 0 Å². The third-order valence-corrected chi connectivity index (χ3v) is 4.39. The molecule has 1 aromatic rings. The minimum absolute atomic E-state index is 0.117. The van der Waals surface area contributed by atoms with E-state index < -0.39 is 0 Å². The minimum atomic E-state index is 0.117. The summed E-state index contributed by atoms with van der Waals surface area (Å²) < 4.78 is 11.4. The molecule has 0 radical (unpaired) electrons. The number of rotatable bonds is 8. The molecule has 1 aliphatic rings. The monoisotopic (exact) mass is 302 g/mol. The lowest BCUT2D eigenvalue weighted by molar-refractivity contribution is 0.319. The summed E-state index contributed by atoms with van der Waals surface area (Å²) in [4.78, 5) is 0. The van der Waals surface area contributed by atoms with Crippen molar-refractivity contribution in [2.24, 2.45) is 0 Å². The Morgan fingerprint density at radius 1 is 1.27 bits per heavy atom. The quantitative estimate of drug-likeness (QED) is 0.360. The highest BCUT2D eigenvalue weighted by Crippen LogP contribution is 2.38. The van der Waals surface area contributed by atoms with E-state index in [1.807, 2.05) is 0 Å². The fraction of sp³-hybridized carbons (Fsp3) is 0.600. The van der Waals surface area contributed by atoms with Crippen LogP contribution in [0.15, 0.2) is 35.9 Å². The Bertz CT molecular complexity index is 497. The fourth-order valence-corrected chi connectivity index (χ4v) is 2.63. The van der Waals surface area contributed by atoms with Gasteiger partial charge in [-0.25, -0.2) is 0 Å². The van der Waals surface area contributed by atoms with Crippen LogP contribution in [0.3, 0.4) is 0 Å². The second-order valence-corrected chi connectivity index (χ2v) is 7.16. The third-order valence-electron chi connectivity index (χ3n) is 4.39. The largest absolute Gasteiger partial charge is 0.493 e. The summed E-state index contributed by atoms with van der Waals surface area (Å²) in [5.41, 5.74) is 2.91. The first-order valence-corrected chi connectivity index (χ1v) is 8.44. The van der Waals surface area contributed by atoms with E-state index >= 15 is 0 Å². The van der Waals surface area contributed by atoms with Crippen molar-refractivity contribution in [2.75, 3.05) is 6.61 Å². The first kappa shape index (κ1) is 17.1. The second kappa shape index (κ2) is 7.32. The molecule has 1 atom stereocenters. The zero-order valence-corrected chi connectivity index (χ0v) is 14.7. The molecule has 1 aromatic carbocycles. The van der Waals surface area contributed by atoms with Gasteiger partial charge in [-0.1, -0.05) is 37.6 Å². The predicted molar refractivity (Wildman–Crippen MR) is 92.6 cm³/mol. The van der Waals surface area contributed by atoms with Gasteiger partial charge in [-0.2, -0.15) is 0 Å². The lowest BCUT2D eigenvalue weighted by Gasteiger charge is -2.08. The van der Waals surface area contributed by atoms with E-state index in [1.54, 1.807) is 0 Å². The van der Waals surface area contributed by atoms with Crippen molar-refractivity contribution >= 4 is 0 Å². The number of allylic oxidation sites excluding steroid dienone is 1. The van der Waals surface area contributed by atoms with Gasteiger partial charge in [-0.3, -0.25) is 0 Å². The van der Waals surface area contributed by atoms with Gasteiger partial charge >= 0.3 is 0 Å². The molecule has 1 heterocycles. The highest BCUT2D eigenvalue weighted by atomic mass is 16.6. The summed E-state index contributed by atoms with van der Waals surface area (Å²) in [5, 5.41) is 0. The minimum Gasteiger partial charge on any atom is -0.493 e. The second-order valence-electron chi connectivity index (χ2n) is 7.16. The van der Waals surface area contributed by atoms with Gasteiger partial charge in [-0.15, -0.1) is 0 Å². The van der Waals surface area contributed by atoms with Gasteiger partial charge in [0.25, 0.3) is 0 Å². The van der Waals surface area contributed by atoms with Crippen molar-refractivity contribution in [3.05, 3.63) is 41.5 Å². The van der Waals surface area contributed by atoms with Crippen LogP contribution in [0, 0.1) is 0 Å². The zero-order valence-electron chi connectivity index (χ0n) is 14.7. The van der Waals surface area contributed by atoms with Crippen molar-refractivity contribution in [1.29, 1.82) is 0 Å². The summed E-state index contributed by atoms with van der Waals surface area (Å²) in [7, 11) is 0. The van der Waals surface area contributed by atoms with Gasteiger partial charge in [0.15, 0.2) is 0 Å². The molecule has 2 nitrogen and oxygen atoms in total. The number of epoxide rings is 1.